The fourth-order valence-electron chi connectivity index (χ4n) is 1.59. The number of ether oxygens (including phenoxy) is 2. The molecule has 0 aromatic rings. The lowest BCUT2D eigenvalue weighted by Crippen LogP contribution is -2.49. The number of rotatable bonds is 0. The second-order valence-corrected chi connectivity index (χ2v) is 3.22. The van der Waals surface area contributed by atoms with Crippen LogP contribution in [0.25, 0.3) is 0 Å². The summed E-state index contributed by atoms with van der Waals surface area (Å²) in [6.45, 7) is 2.20. The summed E-state index contributed by atoms with van der Waals surface area (Å²) in [6.07, 6.45) is -2.14. The molecule has 2 rings (SSSR count). The molecule has 0 saturated carbocycles. The van der Waals surface area contributed by atoms with Crippen LogP contribution >= 0.6 is 0 Å². The van der Waals surface area contributed by atoms with E-state index in [2.05, 4.69) is 0 Å². The van der Waals surface area contributed by atoms with Crippen LogP contribution in [-0.2, 0) is 9.47 Å². The molecule has 11 heavy (non-hydrogen) atoms. The van der Waals surface area contributed by atoms with Gasteiger partial charge in [-0.15, -0.1) is 0 Å². The Hall–Kier alpha value is -0.160. The first kappa shape index (κ1) is 7.49. The van der Waals surface area contributed by atoms with Crippen molar-refractivity contribution in [2.75, 3.05) is 6.61 Å². The van der Waals surface area contributed by atoms with Gasteiger partial charge in [0.1, 0.15) is 12.2 Å². The van der Waals surface area contributed by atoms with E-state index in [9.17, 15) is 10.2 Å². The van der Waals surface area contributed by atoms with E-state index in [4.69, 9.17) is 9.47 Å². The average Bonchev–Trinajstić information content (AvgIpc) is 2.44. The molecule has 0 aromatic carbocycles. The topological polar surface area (TPSA) is 58.9 Å². The van der Waals surface area contributed by atoms with Crippen molar-refractivity contribution in [3.63, 3.8) is 0 Å². The Balaban J connectivity index is 2.16. The highest BCUT2D eigenvalue weighted by Crippen LogP contribution is 2.31. The minimum Gasteiger partial charge on any atom is -0.390 e. The monoisotopic (exact) mass is 160 g/mol. The summed E-state index contributed by atoms with van der Waals surface area (Å²) < 4.78 is 10.4. The second-order valence-electron chi connectivity index (χ2n) is 3.22. The molecule has 4 nitrogen and oxygen atoms in total. The first-order valence-corrected chi connectivity index (χ1v) is 3.83. The Morgan fingerprint density at radius 3 is 2.73 bits per heavy atom. The van der Waals surface area contributed by atoms with E-state index in [0.717, 1.165) is 0 Å². The van der Waals surface area contributed by atoms with E-state index in [1.807, 2.05) is 0 Å². The molecule has 0 amide bonds. The van der Waals surface area contributed by atoms with E-state index >= 15 is 0 Å². The summed E-state index contributed by atoms with van der Waals surface area (Å²) in [6, 6.07) is 0. The summed E-state index contributed by atoms with van der Waals surface area (Å²) >= 11 is 0. The Morgan fingerprint density at radius 2 is 2.00 bits per heavy atom. The van der Waals surface area contributed by atoms with Gasteiger partial charge in [0.15, 0.2) is 6.29 Å². The quantitative estimate of drug-likeness (QED) is 0.482. The molecular formula is C7H12O4. The van der Waals surface area contributed by atoms with Gasteiger partial charge in [0.2, 0.25) is 0 Å². The molecule has 2 heterocycles. The number of fused-ring (bicyclic) bond motifs is 2. The predicted octanol–water partition coefficient (Wildman–Crippen LogP) is -0.901. The molecule has 2 bridgehead atoms. The van der Waals surface area contributed by atoms with Gasteiger partial charge in [0, 0.05) is 5.92 Å². The SMILES string of the molecule is CC1[C@@H]2OC[C@@H](O2)C(O)[C@@H]1O. The average molecular weight is 160 g/mol. The zero-order valence-corrected chi connectivity index (χ0v) is 6.30. The third-order valence-corrected chi connectivity index (χ3v) is 2.43. The fraction of sp³-hybridized carbons (Fsp3) is 1.00. The zero-order chi connectivity index (χ0) is 8.01. The van der Waals surface area contributed by atoms with E-state index in [0.29, 0.717) is 6.61 Å². The van der Waals surface area contributed by atoms with E-state index in [1.165, 1.54) is 0 Å². The maximum absolute atomic E-state index is 9.42. The number of aliphatic hydroxyl groups is 2. The first-order valence-electron chi connectivity index (χ1n) is 3.83. The molecule has 0 aromatic heterocycles. The molecule has 2 aliphatic rings. The minimum absolute atomic E-state index is 0.135. The van der Waals surface area contributed by atoms with Gasteiger partial charge in [-0.1, -0.05) is 6.92 Å². The highest BCUT2D eigenvalue weighted by molar-refractivity contribution is 4.90. The number of hydrogen-bond donors (Lipinski definition) is 2. The van der Waals surface area contributed by atoms with Crippen molar-refractivity contribution in [3.8, 4) is 0 Å². The molecule has 2 fully saturated rings. The summed E-state index contributed by atoms with van der Waals surface area (Å²) in [5.41, 5.74) is 0. The van der Waals surface area contributed by atoms with Crippen molar-refractivity contribution in [2.24, 2.45) is 5.92 Å². The van der Waals surface area contributed by atoms with Crippen LogP contribution in [0, 0.1) is 5.92 Å². The first-order chi connectivity index (χ1) is 5.20. The molecule has 0 spiro atoms. The third kappa shape index (κ3) is 0.980. The van der Waals surface area contributed by atoms with Crippen molar-refractivity contribution < 1.29 is 19.7 Å². The van der Waals surface area contributed by atoms with Crippen LogP contribution in [0.15, 0.2) is 0 Å². The van der Waals surface area contributed by atoms with E-state index < -0.39 is 12.2 Å². The molecule has 4 heteroatoms. The van der Waals surface area contributed by atoms with Crippen molar-refractivity contribution in [1.29, 1.82) is 0 Å². The summed E-state index contributed by atoms with van der Waals surface area (Å²) in [4.78, 5) is 0. The Bertz CT molecular complexity index is 141. The molecule has 2 saturated heterocycles. The highest BCUT2D eigenvalue weighted by atomic mass is 16.7. The van der Waals surface area contributed by atoms with Crippen LogP contribution in [-0.4, -0.2) is 41.4 Å². The van der Waals surface area contributed by atoms with Crippen molar-refractivity contribution >= 4 is 0 Å². The van der Waals surface area contributed by atoms with E-state index in [-0.39, 0.29) is 18.3 Å². The van der Waals surface area contributed by atoms with Crippen LogP contribution < -0.4 is 0 Å². The van der Waals surface area contributed by atoms with Gasteiger partial charge in [0.05, 0.1) is 12.7 Å². The Kier molecular flexibility index (Phi) is 1.64. The van der Waals surface area contributed by atoms with Crippen molar-refractivity contribution in [3.05, 3.63) is 0 Å². The molecule has 5 atom stereocenters. The van der Waals surface area contributed by atoms with Gasteiger partial charge in [-0.25, -0.2) is 0 Å². The normalized spacial score (nSPS) is 56.5. The van der Waals surface area contributed by atoms with Crippen LogP contribution in [0.4, 0.5) is 0 Å². The summed E-state index contributed by atoms with van der Waals surface area (Å²) in [7, 11) is 0. The van der Waals surface area contributed by atoms with E-state index in [1.54, 1.807) is 6.92 Å². The maximum Gasteiger partial charge on any atom is 0.163 e. The van der Waals surface area contributed by atoms with Crippen LogP contribution in [0.1, 0.15) is 6.92 Å². The molecule has 0 aliphatic carbocycles. The summed E-state index contributed by atoms with van der Waals surface area (Å²) in [5, 5.41) is 18.8. The van der Waals surface area contributed by atoms with Gasteiger partial charge >= 0.3 is 0 Å². The number of aliphatic hydroxyl groups excluding tert-OH is 2. The predicted molar refractivity (Wildman–Crippen MR) is 35.8 cm³/mol. The fourth-order valence-corrected chi connectivity index (χ4v) is 1.59. The van der Waals surface area contributed by atoms with Gasteiger partial charge in [0.25, 0.3) is 0 Å². The Labute approximate surface area is 64.7 Å². The molecule has 2 unspecified atom stereocenters. The Morgan fingerprint density at radius 1 is 1.27 bits per heavy atom. The number of hydrogen-bond acceptors (Lipinski definition) is 4. The molecule has 64 valence electrons. The third-order valence-electron chi connectivity index (χ3n) is 2.43. The molecule has 2 aliphatic heterocycles. The van der Waals surface area contributed by atoms with Crippen molar-refractivity contribution in [2.45, 2.75) is 31.5 Å². The lowest BCUT2D eigenvalue weighted by Gasteiger charge is -2.33. The standard InChI is InChI=1S/C7H12O4/c1-3-5(8)6(9)4-2-10-7(3)11-4/h3-9H,2H2,1H3/t3?,4-,5-,6?,7-/m1/s1. The van der Waals surface area contributed by atoms with Gasteiger partial charge in [-0.3, -0.25) is 0 Å². The van der Waals surface area contributed by atoms with Gasteiger partial charge in [-0.05, 0) is 0 Å². The second kappa shape index (κ2) is 2.42. The molecule has 0 radical (unpaired) electrons. The highest BCUT2D eigenvalue weighted by Gasteiger charge is 2.47. The minimum atomic E-state index is -0.788. The van der Waals surface area contributed by atoms with Crippen LogP contribution in [0.5, 0.6) is 0 Å². The molecule has 2 N–H and O–H groups in total. The lowest BCUT2D eigenvalue weighted by molar-refractivity contribution is -0.198. The smallest absolute Gasteiger partial charge is 0.163 e. The summed E-state index contributed by atoms with van der Waals surface area (Å²) in [5.74, 6) is -0.135. The van der Waals surface area contributed by atoms with Crippen LogP contribution in [0.3, 0.4) is 0 Å². The van der Waals surface area contributed by atoms with Gasteiger partial charge in [-0.2, -0.15) is 0 Å². The maximum atomic E-state index is 9.42. The zero-order valence-electron chi connectivity index (χ0n) is 6.30. The largest absolute Gasteiger partial charge is 0.390 e. The lowest BCUT2D eigenvalue weighted by atomic mass is 9.94. The van der Waals surface area contributed by atoms with Crippen LogP contribution in [0.2, 0.25) is 0 Å². The molecular weight excluding hydrogens is 148 g/mol. The van der Waals surface area contributed by atoms with Gasteiger partial charge < -0.3 is 19.7 Å². The van der Waals surface area contributed by atoms with Crippen molar-refractivity contribution in [1.82, 2.24) is 0 Å².